The number of halogens is 1. The average Bonchev–Trinajstić information content (AvgIpc) is 2.93. The lowest BCUT2D eigenvalue weighted by atomic mass is 10.1. The van der Waals surface area contributed by atoms with E-state index in [1.165, 1.54) is 5.56 Å². The molecule has 0 radical (unpaired) electrons. The molecule has 0 aliphatic carbocycles. The molecule has 3 rings (SSSR count). The highest BCUT2D eigenvalue weighted by atomic mass is 79.9. The van der Waals surface area contributed by atoms with Gasteiger partial charge in [0.1, 0.15) is 11.9 Å². The van der Waals surface area contributed by atoms with Gasteiger partial charge in [-0.1, -0.05) is 0 Å². The standard InChI is InChI=1S/C14H19BrN2O2/c1-10-7-11(15)8-16-14(10)17-4-6-19-13(9-17)12-3-2-5-18-12/h7-8,12-13H,2-6,9H2,1H3/t12-,13-/m0/s1. The molecule has 4 nitrogen and oxygen atoms in total. The Labute approximate surface area is 122 Å². The normalized spacial score (nSPS) is 27.8. The van der Waals surface area contributed by atoms with E-state index >= 15 is 0 Å². The Hall–Kier alpha value is -0.650. The van der Waals surface area contributed by atoms with E-state index < -0.39 is 0 Å². The van der Waals surface area contributed by atoms with Crippen LogP contribution in [0, 0.1) is 6.92 Å². The summed E-state index contributed by atoms with van der Waals surface area (Å²) in [5, 5.41) is 0. The van der Waals surface area contributed by atoms with Crippen molar-refractivity contribution < 1.29 is 9.47 Å². The SMILES string of the molecule is Cc1cc(Br)cnc1N1CCO[C@H]([C@@H]2CCCO2)C1. The second kappa shape index (κ2) is 5.77. The third-order valence-corrected chi connectivity index (χ3v) is 4.22. The van der Waals surface area contributed by atoms with Crippen LogP contribution in [-0.2, 0) is 9.47 Å². The zero-order valence-corrected chi connectivity index (χ0v) is 12.7. The van der Waals surface area contributed by atoms with Crippen LogP contribution in [0.25, 0.3) is 0 Å². The van der Waals surface area contributed by atoms with Gasteiger partial charge < -0.3 is 14.4 Å². The zero-order chi connectivity index (χ0) is 13.2. The quantitative estimate of drug-likeness (QED) is 0.836. The highest BCUT2D eigenvalue weighted by Crippen LogP contribution is 2.26. The fourth-order valence-electron chi connectivity index (χ4n) is 2.85. The fraction of sp³-hybridized carbons (Fsp3) is 0.643. The Kier molecular flexibility index (Phi) is 4.05. The highest BCUT2D eigenvalue weighted by molar-refractivity contribution is 9.10. The minimum Gasteiger partial charge on any atom is -0.375 e. The molecule has 0 bridgehead atoms. The van der Waals surface area contributed by atoms with E-state index in [1.54, 1.807) is 0 Å². The number of aromatic nitrogens is 1. The van der Waals surface area contributed by atoms with Crippen LogP contribution >= 0.6 is 15.9 Å². The first kappa shape index (κ1) is 13.3. The molecule has 3 heterocycles. The molecule has 1 aromatic heterocycles. The van der Waals surface area contributed by atoms with E-state index in [4.69, 9.17) is 9.47 Å². The van der Waals surface area contributed by atoms with Gasteiger partial charge in [0.15, 0.2) is 0 Å². The van der Waals surface area contributed by atoms with Gasteiger partial charge in [-0.25, -0.2) is 4.98 Å². The van der Waals surface area contributed by atoms with Gasteiger partial charge in [-0.3, -0.25) is 0 Å². The number of anilines is 1. The summed E-state index contributed by atoms with van der Waals surface area (Å²) in [6.45, 7) is 5.50. The Bertz CT molecular complexity index is 449. The summed E-state index contributed by atoms with van der Waals surface area (Å²) in [6.07, 6.45) is 4.57. The first-order chi connectivity index (χ1) is 9.24. The zero-order valence-electron chi connectivity index (χ0n) is 11.1. The molecule has 2 fully saturated rings. The summed E-state index contributed by atoms with van der Waals surface area (Å²) in [4.78, 5) is 6.86. The molecule has 0 spiro atoms. The highest BCUT2D eigenvalue weighted by Gasteiger charge is 2.31. The number of hydrogen-bond acceptors (Lipinski definition) is 4. The number of hydrogen-bond donors (Lipinski definition) is 0. The third-order valence-electron chi connectivity index (χ3n) is 3.79. The van der Waals surface area contributed by atoms with Gasteiger partial charge in [0, 0.05) is 30.4 Å². The van der Waals surface area contributed by atoms with E-state index in [9.17, 15) is 0 Å². The van der Waals surface area contributed by atoms with Crippen molar-refractivity contribution >= 4 is 21.7 Å². The predicted molar refractivity (Wildman–Crippen MR) is 77.6 cm³/mol. The lowest BCUT2D eigenvalue weighted by molar-refractivity contribution is -0.0544. The largest absolute Gasteiger partial charge is 0.375 e. The maximum atomic E-state index is 5.87. The van der Waals surface area contributed by atoms with Crippen molar-refractivity contribution in [2.75, 3.05) is 31.2 Å². The molecule has 1 aromatic rings. The molecule has 5 heteroatoms. The van der Waals surface area contributed by atoms with Crippen LogP contribution in [0.1, 0.15) is 18.4 Å². The van der Waals surface area contributed by atoms with Crippen molar-refractivity contribution in [3.05, 3.63) is 22.3 Å². The molecule has 0 saturated carbocycles. The second-order valence-corrected chi connectivity index (χ2v) is 6.12. The van der Waals surface area contributed by atoms with E-state index in [0.29, 0.717) is 0 Å². The lowest BCUT2D eigenvalue weighted by Crippen LogP contribution is -2.48. The summed E-state index contributed by atoms with van der Waals surface area (Å²) in [5.41, 5.74) is 1.20. The van der Waals surface area contributed by atoms with Crippen molar-refractivity contribution in [1.29, 1.82) is 0 Å². The minimum atomic E-state index is 0.182. The second-order valence-electron chi connectivity index (χ2n) is 5.20. The van der Waals surface area contributed by atoms with E-state index in [1.807, 2.05) is 6.20 Å². The van der Waals surface area contributed by atoms with E-state index in [0.717, 1.165) is 49.4 Å². The van der Waals surface area contributed by atoms with Crippen LogP contribution in [0.3, 0.4) is 0 Å². The molecule has 19 heavy (non-hydrogen) atoms. The molecule has 2 aliphatic heterocycles. The van der Waals surface area contributed by atoms with Gasteiger partial charge >= 0.3 is 0 Å². The molecule has 0 N–H and O–H groups in total. The summed E-state index contributed by atoms with van der Waals surface area (Å²) in [5.74, 6) is 1.06. The van der Waals surface area contributed by atoms with Crippen LogP contribution in [0.5, 0.6) is 0 Å². The summed E-state index contributed by atoms with van der Waals surface area (Å²) in [6, 6.07) is 2.11. The van der Waals surface area contributed by atoms with Gasteiger partial charge in [0.2, 0.25) is 0 Å². The topological polar surface area (TPSA) is 34.6 Å². The lowest BCUT2D eigenvalue weighted by Gasteiger charge is -2.36. The van der Waals surface area contributed by atoms with E-state index in [2.05, 4.69) is 38.8 Å². The van der Waals surface area contributed by atoms with Gasteiger partial charge in [-0.05, 0) is 47.3 Å². The van der Waals surface area contributed by atoms with Crippen LogP contribution < -0.4 is 4.90 Å². The van der Waals surface area contributed by atoms with Crippen molar-refractivity contribution in [3.63, 3.8) is 0 Å². The fourth-order valence-corrected chi connectivity index (χ4v) is 3.30. The molecule has 0 amide bonds. The minimum absolute atomic E-state index is 0.182. The molecule has 2 aliphatic rings. The van der Waals surface area contributed by atoms with Crippen LogP contribution in [0.15, 0.2) is 16.7 Å². The van der Waals surface area contributed by atoms with Crippen LogP contribution in [-0.4, -0.2) is 43.5 Å². The smallest absolute Gasteiger partial charge is 0.131 e. The van der Waals surface area contributed by atoms with Crippen LogP contribution in [0.4, 0.5) is 5.82 Å². The molecule has 2 atom stereocenters. The number of ether oxygens (including phenoxy) is 2. The first-order valence-corrected chi connectivity index (χ1v) is 7.63. The number of morpholine rings is 1. The van der Waals surface area contributed by atoms with Crippen molar-refractivity contribution in [1.82, 2.24) is 4.98 Å². The molecule has 104 valence electrons. The summed E-state index contributed by atoms with van der Waals surface area (Å²) in [7, 11) is 0. The van der Waals surface area contributed by atoms with Crippen LogP contribution in [0.2, 0.25) is 0 Å². The molecular weight excluding hydrogens is 308 g/mol. The number of aryl methyl sites for hydroxylation is 1. The molecular formula is C14H19BrN2O2. The Balaban J connectivity index is 1.73. The number of nitrogens with zero attached hydrogens (tertiary/aromatic N) is 2. The molecule has 2 saturated heterocycles. The average molecular weight is 327 g/mol. The maximum absolute atomic E-state index is 5.87. The first-order valence-electron chi connectivity index (χ1n) is 6.84. The Morgan fingerprint density at radius 1 is 1.32 bits per heavy atom. The summed E-state index contributed by atoms with van der Waals surface area (Å²) >= 11 is 3.46. The van der Waals surface area contributed by atoms with Gasteiger partial charge in [0.05, 0.1) is 12.7 Å². The maximum Gasteiger partial charge on any atom is 0.131 e. The molecule has 0 unspecified atom stereocenters. The molecule has 0 aromatic carbocycles. The van der Waals surface area contributed by atoms with E-state index in [-0.39, 0.29) is 12.2 Å². The van der Waals surface area contributed by atoms with Gasteiger partial charge in [-0.15, -0.1) is 0 Å². The summed E-state index contributed by atoms with van der Waals surface area (Å²) < 4.78 is 12.6. The predicted octanol–water partition coefficient (Wildman–Crippen LogP) is 2.54. The third kappa shape index (κ3) is 2.93. The Morgan fingerprint density at radius 2 is 2.16 bits per heavy atom. The number of pyridine rings is 1. The Morgan fingerprint density at radius 3 is 2.89 bits per heavy atom. The van der Waals surface area contributed by atoms with Gasteiger partial charge in [-0.2, -0.15) is 0 Å². The van der Waals surface area contributed by atoms with Crippen molar-refractivity contribution in [2.24, 2.45) is 0 Å². The van der Waals surface area contributed by atoms with Gasteiger partial charge in [0.25, 0.3) is 0 Å². The van der Waals surface area contributed by atoms with Crippen molar-refractivity contribution in [2.45, 2.75) is 32.0 Å². The van der Waals surface area contributed by atoms with Crippen molar-refractivity contribution in [3.8, 4) is 0 Å². The monoisotopic (exact) mass is 326 g/mol. The number of rotatable bonds is 2.